The van der Waals surface area contributed by atoms with Crippen LogP contribution in [0, 0.1) is 0 Å². The Kier molecular flexibility index (Phi) is 10.2. The highest BCUT2D eigenvalue weighted by atomic mass is 35.5. The fourth-order valence-electron chi connectivity index (χ4n) is 3.97. The molecule has 1 unspecified atom stereocenters. The predicted octanol–water partition coefficient (Wildman–Crippen LogP) is 5.52. The third-order valence-corrected chi connectivity index (χ3v) is 8.06. The first-order valence-electron chi connectivity index (χ1n) is 12.2. The molecule has 3 aromatic carbocycles. The second-order valence-electron chi connectivity index (χ2n) is 9.04. The summed E-state index contributed by atoms with van der Waals surface area (Å²) >= 11 is 12.2. The molecule has 202 valence electrons. The maximum Gasteiger partial charge on any atom is 0.264 e. The number of rotatable bonds is 11. The van der Waals surface area contributed by atoms with Gasteiger partial charge in [-0.15, -0.1) is 0 Å². The number of anilines is 1. The van der Waals surface area contributed by atoms with Gasteiger partial charge in [-0.25, -0.2) is 8.42 Å². The Morgan fingerprint density at radius 1 is 0.895 bits per heavy atom. The molecule has 0 aromatic heterocycles. The summed E-state index contributed by atoms with van der Waals surface area (Å²) in [4.78, 5) is 28.4. The summed E-state index contributed by atoms with van der Waals surface area (Å²) in [6, 6.07) is 20.3. The number of hydrogen-bond donors (Lipinski definition) is 1. The maximum absolute atomic E-state index is 13.9. The monoisotopic (exact) mass is 575 g/mol. The van der Waals surface area contributed by atoms with Crippen molar-refractivity contribution in [1.82, 2.24) is 10.2 Å². The highest BCUT2D eigenvalue weighted by Gasteiger charge is 2.33. The highest BCUT2D eigenvalue weighted by molar-refractivity contribution is 7.92. The average Bonchev–Trinajstić information content (AvgIpc) is 2.87. The molecule has 1 atom stereocenters. The van der Waals surface area contributed by atoms with Gasteiger partial charge >= 0.3 is 0 Å². The molecule has 0 bridgehead atoms. The van der Waals surface area contributed by atoms with Gasteiger partial charge in [-0.05, 0) is 68.3 Å². The summed E-state index contributed by atoms with van der Waals surface area (Å²) in [6.07, 6.45) is 0.345. The Morgan fingerprint density at radius 2 is 1.55 bits per heavy atom. The van der Waals surface area contributed by atoms with E-state index in [9.17, 15) is 18.0 Å². The largest absolute Gasteiger partial charge is 0.352 e. The Labute approximate surface area is 234 Å². The lowest BCUT2D eigenvalue weighted by molar-refractivity contribution is -0.140. The normalized spacial score (nSPS) is 12.2. The van der Waals surface area contributed by atoms with Crippen molar-refractivity contribution in [2.75, 3.05) is 10.8 Å². The van der Waals surface area contributed by atoms with Gasteiger partial charge < -0.3 is 10.2 Å². The molecule has 0 aliphatic heterocycles. The van der Waals surface area contributed by atoms with E-state index >= 15 is 0 Å². The van der Waals surface area contributed by atoms with Crippen molar-refractivity contribution in [2.24, 2.45) is 0 Å². The van der Waals surface area contributed by atoms with Gasteiger partial charge in [0, 0.05) is 22.6 Å². The van der Waals surface area contributed by atoms with E-state index in [4.69, 9.17) is 23.2 Å². The van der Waals surface area contributed by atoms with Crippen LogP contribution in [0.5, 0.6) is 0 Å². The zero-order valence-corrected chi connectivity index (χ0v) is 23.8. The van der Waals surface area contributed by atoms with Crippen molar-refractivity contribution >= 4 is 50.7 Å². The molecule has 0 fully saturated rings. The number of nitrogens with zero attached hydrogens (tertiary/aromatic N) is 2. The summed E-state index contributed by atoms with van der Waals surface area (Å²) < 4.78 is 28.6. The zero-order chi connectivity index (χ0) is 27.9. The van der Waals surface area contributed by atoms with Crippen molar-refractivity contribution in [3.63, 3.8) is 0 Å². The highest BCUT2D eigenvalue weighted by Crippen LogP contribution is 2.27. The molecule has 0 spiro atoms. The van der Waals surface area contributed by atoms with Gasteiger partial charge in [0.25, 0.3) is 10.0 Å². The molecular weight excluding hydrogens is 545 g/mol. The topological polar surface area (TPSA) is 86.8 Å². The number of carbonyl (C=O) groups excluding carboxylic acids is 2. The number of amides is 2. The lowest BCUT2D eigenvalue weighted by Crippen LogP contribution is -2.53. The van der Waals surface area contributed by atoms with Gasteiger partial charge in [0.1, 0.15) is 12.6 Å². The van der Waals surface area contributed by atoms with E-state index in [0.29, 0.717) is 16.5 Å². The summed E-state index contributed by atoms with van der Waals surface area (Å²) in [5.41, 5.74) is 1.03. The van der Waals surface area contributed by atoms with E-state index in [1.807, 2.05) is 51.1 Å². The smallest absolute Gasteiger partial charge is 0.264 e. The van der Waals surface area contributed by atoms with Gasteiger partial charge in [0.05, 0.1) is 10.6 Å². The van der Waals surface area contributed by atoms with Gasteiger partial charge in [0.2, 0.25) is 11.8 Å². The molecule has 1 N–H and O–H groups in total. The first-order valence-corrected chi connectivity index (χ1v) is 14.4. The number of carbonyl (C=O) groups is 2. The quantitative estimate of drug-likeness (QED) is 0.326. The fraction of sp³-hybridized carbons (Fsp3) is 0.286. The number of benzene rings is 3. The van der Waals surface area contributed by atoms with Crippen LogP contribution in [0.3, 0.4) is 0 Å². The molecule has 2 amide bonds. The van der Waals surface area contributed by atoms with E-state index in [-0.39, 0.29) is 29.1 Å². The van der Waals surface area contributed by atoms with Gasteiger partial charge in [0.15, 0.2) is 0 Å². The van der Waals surface area contributed by atoms with E-state index in [2.05, 4.69) is 5.32 Å². The number of hydrogen-bond acceptors (Lipinski definition) is 4. The molecule has 3 rings (SSSR count). The third-order valence-electron chi connectivity index (χ3n) is 5.79. The van der Waals surface area contributed by atoms with Gasteiger partial charge in [-0.3, -0.25) is 13.9 Å². The van der Waals surface area contributed by atoms with Crippen LogP contribution in [-0.2, 0) is 26.2 Å². The van der Waals surface area contributed by atoms with E-state index < -0.39 is 28.5 Å². The zero-order valence-electron chi connectivity index (χ0n) is 21.5. The first kappa shape index (κ1) is 29.5. The van der Waals surface area contributed by atoms with Crippen LogP contribution in [-0.4, -0.2) is 43.8 Å². The Bertz CT molecular complexity index is 1350. The third kappa shape index (κ3) is 7.49. The van der Waals surface area contributed by atoms with E-state index in [0.717, 1.165) is 9.87 Å². The minimum absolute atomic E-state index is 0.0334. The first-order chi connectivity index (χ1) is 18.0. The van der Waals surface area contributed by atoms with Crippen molar-refractivity contribution < 1.29 is 18.0 Å². The number of nitrogens with one attached hydrogen (secondary N) is 1. The molecule has 38 heavy (non-hydrogen) atoms. The second kappa shape index (κ2) is 13.1. The summed E-state index contributed by atoms with van der Waals surface area (Å²) in [6.45, 7) is 5.09. The Balaban J connectivity index is 2.05. The minimum atomic E-state index is -4.19. The molecule has 0 aliphatic carbocycles. The molecule has 7 nitrogen and oxygen atoms in total. The van der Waals surface area contributed by atoms with Crippen LogP contribution in [0.4, 0.5) is 5.69 Å². The molecule has 0 radical (unpaired) electrons. The molecule has 3 aromatic rings. The summed E-state index contributed by atoms with van der Waals surface area (Å²) in [5, 5.41) is 3.57. The molecule has 0 saturated heterocycles. The van der Waals surface area contributed by atoms with Crippen molar-refractivity contribution in [2.45, 2.75) is 50.7 Å². The number of sulfonamides is 1. The summed E-state index contributed by atoms with van der Waals surface area (Å²) in [7, 11) is -4.19. The number of halogens is 2. The van der Waals surface area contributed by atoms with Crippen molar-refractivity contribution in [1.29, 1.82) is 0 Å². The molecule has 0 aliphatic rings. The van der Waals surface area contributed by atoms with Crippen molar-refractivity contribution in [3.05, 3.63) is 94.5 Å². The van der Waals surface area contributed by atoms with Crippen LogP contribution < -0.4 is 9.62 Å². The standard InChI is InChI=1S/C28H31Cl2N3O4S/c1-4-26(28(35)31-20(2)3)32(18-21-9-6-5-7-10-21)27(34)19-33(24-12-8-11-23(30)17-24)38(36,37)25-15-13-22(29)14-16-25/h5-17,20,26H,4,18-19H2,1-3H3,(H,31,35). The second-order valence-corrected chi connectivity index (χ2v) is 11.8. The Morgan fingerprint density at radius 3 is 2.13 bits per heavy atom. The lowest BCUT2D eigenvalue weighted by atomic mass is 10.1. The summed E-state index contributed by atoms with van der Waals surface area (Å²) in [5.74, 6) is -0.834. The maximum atomic E-state index is 13.9. The SMILES string of the molecule is CCC(C(=O)NC(C)C)N(Cc1ccccc1)C(=O)CN(c1cccc(Cl)c1)S(=O)(=O)c1ccc(Cl)cc1. The fourth-order valence-corrected chi connectivity index (χ4v) is 5.69. The van der Waals surface area contributed by atoms with Crippen LogP contribution >= 0.6 is 23.2 Å². The minimum Gasteiger partial charge on any atom is -0.352 e. The van der Waals surface area contributed by atoms with Gasteiger partial charge in [-0.1, -0.05) is 66.5 Å². The predicted molar refractivity (Wildman–Crippen MR) is 152 cm³/mol. The average molecular weight is 577 g/mol. The Hall–Kier alpha value is -3.07. The van der Waals surface area contributed by atoms with Crippen LogP contribution in [0.1, 0.15) is 32.8 Å². The van der Waals surface area contributed by atoms with E-state index in [1.54, 1.807) is 18.2 Å². The van der Waals surface area contributed by atoms with Gasteiger partial charge in [-0.2, -0.15) is 0 Å². The molecule has 10 heteroatoms. The van der Waals surface area contributed by atoms with Crippen LogP contribution in [0.2, 0.25) is 10.0 Å². The molecular formula is C28H31Cl2N3O4S. The van der Waals surface area contributed by atoms with E-state index in [1.165, 1.54) is 35.2 Å². The van der Waals surface area contributed by atoms with Crippen LogP contribution in [0.25, 0.3) is 0 Å². The molecule has 0 heterocycles. The van der Waals surface area contributed by atoms with Crippen LogP contribution in [0.15, 0.2) is 83.8 Å². The lowest BCUT2D eigenvalue weighted by Gasteiger charge is -2.33. The van der Waals surface area contributed by atoms with Crippen molar-refractivity contribution in [3.8, 4) is 0 Å². The molecule has 0 saturated carbocycles.